The van der Waals surface area contributed by atoms with Crippen LogP contribution in [0.25, 0.3) is 22.5 Å². The summed E-state index contributed by atoms with van der Waals surface area (Å²) in [7, 11) is 0. The van der Waals surface area contributed by atoms with Gasteiger partial charge in [-0.15, -0.1) is 0 Å². The molecule has 1 amide bonds. The lowest BCUT2D eigenvalue weighted by Crippen LogP contribution is -2.39. The molecule has 0 saturated carbocycles. The Kier molecular flexibility index (Phi) is 6.44. The first-order valence-electron chi connectivity index (χ1n) is 11.4. The molecule has 0 spiro atoms. The normalized spacial score (nSPS) is 16.3. The summed E-state index contributed by atoms with van der Waals surface area (Å²) in [6, 6.07) is 24.0. The number of aromatic nitrogens is 2. The second-order valence-corrected chi connectivity index (χ2v) is 8.50. The van der Waals surface area contributed by atoms with Gasteiger partial charge in [-0.2, -0.15) is 4.98 Å². The Labute approximate surface area is 197 Å². The maximum absolute atomic E-state index is 13.5. The highest BCUT2D eigenvalue weighted by atomic mass is 19.1. The van der Waals surface area contributed by atoms with Crippen molar-refractivity contribution in [2.75, 3.05) is 25.0 Å². The Hall–Kier alpha value is -3.84. The first-order chi connectivity index (χ1) is 16.7. The number of anilines is 1. The topological polar surface area (TPSA) is 71.3 Å². The van der Waals surface area contributed by atoms with Gasteiger partial charge in [-0.25, -0.2) is 4.39 Å². The third-order valence-corrected chi connectivity index (χ3v) is 6.03. The summed E-state index contributed by atoms with van der Waals surface area (Å²) >= 11 is 0. The first-order valence-corrected chi connectivity index (χ1v) is 11.4. The summed E-state index contributed by atoms with van der Waals surface area (Å²) in [6.45, 7) is 1.76. The molecule has 7 heteroatoms. The van der Waals surface area contributed by atoms with Crippen LogP contribution in [0.3, 0.4) is 0 Å². The van der Waals surface area contributed by atoms with Crippen LogP contribution in [-0.2, 0) is 4.79 Å². The number of halogens is 1. The molecule has 1 aliphatic heterocycles. The maximum Gasteiger partial charge on any atom is 0.238 e. The summed E-state index contributed by atoms with van der Waals surface area (Å²) in [6.07, 6.45) is 1.83. The standard InChI is InChI=1S/C27H25FN4O2/c28-22-12-6-10-20(16-22)26-30-27(34-31-26)21-11-7-15-32(17-21)18-25(33)29-24-14-5-4-13-23(24)19-8-2-1-3-9-19/h1-6,8-10,12-14,16,21H,7,11,15,17-18H2,(H,29,33). The second kappa shape index (κ2) is 9.97. The Morgan fingerprint density at radius 3 is 2.68 bits per heavy atom. The zero-order valence-corrected chi connectivity index (χ0v) is 18.7. The monoisotopic (exact) mass is 456 g/mol. The molecule has 1 unspecified atom stereocenters. The molecule has 1 aromatic heterocycles. The van der Waals surface area contributed by atoms with Crippen molar-refractivity contribution < 1.29 is 13.7 Å². The maximum atomic E-state index is 13.5. The van der Waals surface area contributed by atoms with Gasteiger partial charge in [0.15, 0.2) is 0 Å². The van der Waals surface area contributed by atoms with E-state index in [9.17, 15) is 9.18 Å². The molecule has 6 nitrogen and oxygen atoms in total. The number of hydrogen-bond donors (Lipinski definition) is 1. The van der Waals surface area contributed by atoms with Crippen molar-refractivity contribution in [2.24, 2.45) is 0 Å². The number of carbonyl (C=O) groups is 1. The fourth-order valence-electron chi connectivity index (χ4n) is 4.40. The van der Waals surface area contributed by atoms with Crippen molar-refractivity contribution in [1.82, 2.24) is 15.0 Å². The molecular formula is C27H25FN4O2. The molecule has 2 heterocycles. The second-order valence-electron chi connectivity index (χ2n) is 8.50. The molecular weight excluding hydrogens is 431 g/mol. The predicted molar refractivity (Wildman–Crippen MR) is 129 cm³/mol. The molecule has 0 aliphatic carbocycles. The zero-order chi connectivity index (χ0) is 23.3. The summed E-state index contributed by atoms with van der Waals surface area (Å²) in [5.74, 6) is 0.538. The van der Waals surface area contributed by atoms with Gasteiger partial charge in [0.1, 0.15) is 5.82 Å². The Morgan fingerprint density at radius 1 is 1.03 bits per heavy atom. The van der Waals surface area contributed by atoms with Crippen LogP contribution in [0.1, 0.15) is 24.7 Å². The molecule has 3 aromatic carbocycles. The van der Waals surface area contributed by atoms with Crippen LogP contribution in [0.5, 0.6) is 0 Å². The SMILES string of the molecule is O=C(CN1CCCC(c2nc(-c3cccc(F)c3)no2)C1)Nc1ccccc1-c1ccccc1. The Bertz CT molecular complexity index is 1270. The lowest BCUT2D eigenvalue weighted by atomic mass is 9.98. The number of para-hydroxylation sites is 1. The molecule has 1 aliphatic rings. The largest absolute Gasteiger partial charge is 0.339 e. The summed E-state index contributed by atoms with van der Waals surface area (Å²) in [4.78, 5) is 19.5. The van der Waals surface area contributed by atoms with Gasteiger partial charge in [-0.05, 0) is 43.1 Å². The zero-order valence-electron chi connectivity index (χ0n) is 18.7. The van der Waals surface area contributed by atoms with Crippen LogP contribution in [-0.4, -0.2) is 40.6 Å². The highest BCUT2D eigenvalue weighted by Gasteiger charge is 2.27. The van der Waals surface area contributed by atoms with Gasteiger partial charge < -0.3 is 9.84 Å². The molecule has 1 N–H and O–H groups in total. The average molecular weight is 457 g/mol. The summed E-state index contributed by atoms with van der Waals surface area (Å²) < 4.78 is 19.0. The van der Waals surface area contributed by atoms with Gasteiger partial charge in [-0.1, -0.05) is 65.8 Å². The number of benzene rings is 3. The van der Waals surface area contributed by atoms with Crippen LogP contribution in [0, 0.1) is 5.82 Å². The lowest BCUT2D eigenvalue weighted by molar-refractivity contribution is -0.117. The van der Waals surface area contributed by atoms with Gasteiger partial charge >= 0.3 is 0 Å². The average Bonchev–Trinajstić information content (AvgIpc) is 3.36. The van der Waals surface area contributed by atoms with Gasteiger partial charge in [0.05, 0.1) is 12.5 Å². The van der Waals surface area contributed by atoms with Crippen LogP contribution in [0.4, 0.5) is 10.1 Å². The minimum absolute atomic E-state index is 0.0352. The lowest BCUT2D eigenvalue weighted by Gasteiger charge is -2.30. The van der Waals surface area contributed by atoms with E-state index in [1.54, 1.807) is 12.1 Å². The molecule has 0 radical (unpaired) electrons. The number of rotatable bonds is 6. The van der Waals surface area contributed by atoms with Crippen molar-refractivity contribution in [3.8, 4) is 22.5 Å². The number of nitrogens with zero attached hydrogens (tertiary/aromatic N) is 3. The first kappa shape index (κ1) is 22.0. The van der Waals surface area contributed by atoms with Gasteiger partial charge in [-0.3, -0.25) is 9.69 Å². The highest BCUT2D eigenvalue weighted by Crippen LogP contribution is 2.29. The fraction of sp³-hybridized carbons (Fsp3) is 0.222. The predicted octanol–water partition coefficient (Wildman–Crippen LogP) is 5.36. The Balaban J connectivity index is 1.23. The quantitative estimate of drug-likeness (QED) is 0.423. The fourth-order valence-corrected chi connectivity index (χ4v) is 4.40. The molecule has 172 valence electrons. The van der Waals surface area contributed by atoms with E-state index >= 15 is 0 Å². The van der Waals surface area contributed by atoms with Crippen LogP contribution >= 0.6 is 0 Å². The minimum Gasteiger partial charge on any atom is -0.339 e. The number of nitrogens with one attached hydrogen (secondary N) is 1. The molecule has 1 atom stereocenters. The molecule has 34 heavy (non-hydrogen) atoms. The molecule has 5 rings (SSSR count). The van der Waals surface area contributed by atoms with E-state index in [2.05, 4.69) is 20.4 Å². The summed E-state index contributed by atoms with van der Waals surface area (Å²) in [5, 5.41) is 7.11. The van der Waals surface area contributed by atoms with Crippen LogP contribution in [0.15, 0.2) is 83.4 Å². The van der Waals surface area contributed by atoms with Crippen molar-refractivity contribution in [2.45, 2.75) is 18.8 Å². The van der Waals surface area contributed by atoms with E-state index in [0.717, 1.165) is 36.2 Å². The number of piperidine rings is 1. The highest BCUT2D eigenvalue weighted by molar-refractivity contribution is 5.96. The van der Waals surface area contributed by atoms with Crippen LogP contribution in [0.2, 0.25) is 0 Å². The van der Waals surface area contributed by atoms with E-state index in [1.165, 1.54) is 12.1 Å². The third kappa shape index (κ3) is 5.05. The third-order valence-electron chi connectivity index (χ3n) is 6.03. The molecule has 0 bridgehead atoms. The van der Waals surface area contributed by atoms with Crippen molar-refractivity contribution in [3.05, 3.63) is 90.6 Å². The van der Waals surface area contributed by atoms with E-state index in [0.29, 0.717) is 23.8 Å². The van der Waals surface area contributed by atoms with Crippen molar-refractivity contribution in [3.63, 3.8) is 0 Å². The number of carbonyl (C=O) groups excluding carboxylic acids is 1. The van der Waals surface area contributed by atoms with Gasteiger partial charge in [0, 0.05) is 23.4 Å². The summed E-state index contributed by atoms with van der Waals surface area (Å²) in [5.41, 5.74) is 3.42. The Morgan fingerprint density at radius 2 is 1.82 bits per heavy atom. The van der Waals surface area contributed by atoms with E-state index < -0.39 is 0 Å². The van der Waals surface area contributed by atoms with Gasteiger partial charge in [0.2, 0.25) is 17.6 Å². The van der Waals surface area contributed by atoms with E-state index in [-0.39, 0.29) is 24.2 Å². The number of hydrogen-bond acceptors (Lipinski definition) is 5. The smallest absolute Gasteiger partial charge is 0.238 e. The molecule has 1 fully saturated rings. The van der Waals surface area contributed by atoms with E-state index in [4.69, 9.17) is 4.52 Å². The molecule has 1 saturated heterocycles. The number of amides is 1. The van der Waals surface area contributed by atoms with Crippen molar-refractivity contribution in [1.29, 1.82) is 0 Å². The minimum atomic E-state index is -0.340. The van der Waals surface area contributed by atoms with Gasteiger partial charge in [0.25, 0.3) is 0 Å². The molecule has 4 aromatic rings. The van der Waals surface area contributed by atoms with E-state index in [1.807, 2.05) is 54.6 Å². The van der Waals surface area contributed by atoms with Crippen LogP contribution < -0.4 is 5.32 Å². The van der Waals surface area contributed by atoms with Crippen molar-refractivity contribution >= 4 is 11.6 Å². The number of likely N-dealkylation sites (tertiary alicyclic amines) is 1.